The highest BCUT2D eigenvalue weighted by Gasteiger charge is 2.27. The minimum absolute atomic E-state index is 0.134. The molecule has 1 aromatic carbocycles. The van der Waals surface area contributed by atoms with Crippen LogP contribution in [-0.4, -0.2) is 44.1 Å². The van der Waals surface area contributed by atoms with Crippen molar-refractivity contribution in [3.8, 4) is 0 Å². The number of aromatic amines is 1. The van der Waals surface area contributed by atoms with Crippen LogP contribution < -0.4 is 10.2 Å². The van der Waals surface area contributed by atoms with Crippen LogP contribution in [0.5, 0.6) is 0 Å². The zero-order valence-corrected chi connectivity index (χ0v) is 15.5. The van der Waals surface area contributed by atoms with Gasteiger partial charge < -0.3 is 4.90 Å². The highest BCUT2D eigenvalue weighted by atomic mass is 19.1. The summed E-state index contributed by atoms with van der Waals surface area (Å²) in [4.78, 5) is 27.3. The smallest absolute Gasteiger partial charge is 0.248 e. The number of H-pyrrole nitrogens is 1. The van der Waals surface area contributed by atoms with E-state index < -0.39 is 11.6 Å². The van der Waals surface area contributed by atoms with Crippen molar-refractivity contribution >= 4 is 17.8 Å². The van der Waals surface area contributed by atoms with E-state index in [1.54, 1.807) is 18.5 Å². The largest absolute Gasteiger partial charge is 0.340 e. The highest BCUT2D eigenvalue weighted by Crippen LogP contribution is 2.21. The molecular weight excluding hydrogens is 380 g/mol. The van der Waals surface area contributed by atoms with Crippen LogP contribution in [0.4, 0.5) is 20.7 Å². The van der Waals surface area contributed by atoms with Crippen molar-refractivity contribution in [1.82, 2.24) is 25.1 Å². The molecule has 1 aliphatic heterocycles. The fourth-order valence-electron chi connectivity index (χ4n) is 3.38. The summed E-state index contributed by atoms with van der Waals surface area (Å²) in [5, 5.41) is 9.36. The zero-order valence-electron chi connectivity index (χ0n) is 15.5. The number of carbonyl (C=O) groups is 1. The molecule has 1 fully saturated rings. The van der Waals surface area contributed by atoms with Crippen molar-refractivity contribution in [1.29, 1.82) is 0 Å². The molecule has 150 valence electrons. The molecule has 0 radical (unpaired) electrons. The first-order chi connectivity index (χ1) is 14.1. The van der Waals surface area contributed by atoms with E-state index in [-0.39, 0.29) is 24.2 Å². The second-order valence-corrected chi connectivity index (χ2v) is 6.88. The molecule has 1 aliphatic rings. The summed E-state index contributed by atoms with van der Waals surface area (Å²) in [6.07, 6.45) is 5.10. The fraction of sp³-hybridized carbons (Fsp3) is 0.316. The summed E-state index contributed by atoms with van der Waals surface area (Å²) in [7, 11) is 0. The minimum atomic E-state index is -0.655. The molecular formula is C19H19F2N7O. The topological polar surface area (TPSA) is 99.7 Å². The molecule has 1 atom stereocenters. The van der Waals surface area contributed by atoms with Gasteiger partial charge in [0, 0.05) is 38.0 Å². The van der Waals surface area contributed by atoms with Gasteiger partial charge >= 0.3 is 0 Å². The Morgan fingerprint density at radius 3 is 2.72 bits per heavy atom. The quantitative estimate of drug-likeness (QED) is 0.683. The number of hydrogen-bond donors (Lipinski definition) is 2. The Morgan fingerprint density at radius 2 is 1.97 bits per heavy atom. The number of rotatable bonds is 5. The summed E-state index contributed by atoms with van der Waals surface area (Å²) < 4.78 is 26.6. The first kappa shape index (κ1) is 18.9. The normalized spacial score (nSPS) is 16.6. The molecule has 0 bridgehead atoms. The highest BCUT2D eigenvalue weighted by molar-refractivity contribution is 5.91. The van der Waals surface area contributed by atoms with E-state index in [1.165, 1.54) is 12.1 Å². The van der Waals surface area contributed by atoms with E-state index in [1.807, 2.05) is 4.90 Å². The maximum absolute atomic E-state index is 13.3. The Hall–Kier alpha value is -3.43. The second kappa shape index (κ2) is 8.29. The first-order valence-corrected chi connectivity index (χ1v) is 9.26. The van der Waals surface area contributed by atoms with Crippen LogP contribution in [0.1, 0.15) is 24.2 Å². The lowest BCUT2D eigenvalue weighted by Crippen LogP contribution is -2.41. The first-order valence-electron chi connectivity index (χ1n) is 9.26. The Kier molecular flexibility index (Phi) is 5.41. The summed E-state index contributed by atoms with van der Waals surface area (Å²) in [5.74, 6) is -0.606. The number of piperidine rings is 1. The van der Waals surface area contributed by atoms with Gasteiger partial charge in [0.2, 0.25) is 17.8 Å². The maximum atomic E-state index is 13.3. The average molecular weight is 399 g/mol. The molecule has 8 nitrogen and oxygen atoms in total. The average Bonchev–Trinajstić information content (AvgIpc) is 3.14. The standard InChI is InChI=1S/C19H19F2N7O/c20-14-7-12(8-15(21)10-14)9-16-24-18(27-26-16)25-17(29)13-3-1-6-28(11-13)19-22-4-2-5-23-19/h2,4-5,7-8,10,13H,1,3,6,9,11H2,(H2,24,25,26,27,29). The van der Waals surface area contributed by atoms with Crippen molar-refractivity contribution in [2.24, 2.45) is 5.92 Å². The lowest BCUT2D eigenvalue weighted by molar-refractivity contribution is -0.120. The number of halogens is 2. The molecule has 1 unspecified atom stereocenters. The molecule has 29 heavy (non-hydrogen) atoms. The third-order valence-electron chi connectivity index (χ3n) is 4.69. The van der Waals surface area contributed by atoms with Crippen molar-refractivity contribution in [3.63, 3.8) is 0 Å². The second-order valence-electron chi connectivity index (χ2n) is 6.88. The van der Waals surface area contributed by atoms with Crippen LogP contribution in [0.25, 0.3) is 0 Å². The molecule has 10 heteroatoms. The van der Waals surface area contributed by atoms with Gasteiger partial charge in [0.15, 0.2) is 0 Å². The van der Waals surface area contributed by atoms with Crippen LogP contribution in [0, 0.1) is 17.6 Å². The van der Waals surface area contributed by atoms with Crippen molar-refractivity contribution in [2.75, 3.05) is 23.3 Å². The minimum Gasteiger partial charge on any atom is -0.340 e. The number of nitrogens with one attached hydrogen (secondary N) is 2. The van der Waals surface area contributed by atoms with Crippen LogP contribution in [0.15, 0.2) is 36.7 Å². The van der Waals surface area contributed by atoms with Gasteiger partial charge in [-0.3, -0.25) is 15.2 Å². The Bertz CT molecular complexity index is 975. The Labute approximate surface area is 165 Å². The van der Waals surface area contributed by atoms with Gasteiger partial charge in [-0.2, -0.15) is 4.98 Å². The molecule has 0 aliphatic carbocycles. The SMILES string of the molecule is O=C(Nc1n[nH]c(Cc2cc(F)cc(F)c2)n1)C1CCCN(c2ncccn2)C1. The number of hydrogen-bond acceptors (Lipinski definition) is 6. The van der Waals surface area contributed by atoms with Crippen LogP contribution in [0.2, 0.25) is 0 Å². The molecule has 4 rings (SSSR count). The lowest BCUT2D eigenvalue weighted by atomic mass is 9.97. The maximum Gasteiger partial charge on any atom is 0.248 e. The van der Waals surface area contributed by atoms with E-state index in [4.69, 9.17) is 0 Å². The van der Waals surface area contributed by atoms with E-state index in [9.17, 15) is 13.6 Å². The van der Waals surface area contributed by atoms with Crippen LogP contribution >= 0.6 is 0 Å². The molecule has 1 amide bonds. The molecule has 1 saturated heterocycles. The monoisotopic (exact) mass is 399 g/mol. The predicted octanol–water partition coefficient (Wildman–Crippen LogP) is 2.32. The number of nitrogens with zero attached hydrogens (tertiary/aromatic N) is 5. The van der Waals surface area contributed by atoms with Crippen molar-refractivity contribution in [2.45, 2.75) is 19.3 Å². The number of anilines is 2. The van der Waals surface area contributed by atoms with Crippen molar-refractivity contribution in [3.05, 3.63) is 59.7 Å². The zero-order chi connectivity index (χ0) is 20.2. The molecule has 0 saturated carbocycles. The van der Waals surface area contributed by atoms with E-state index >= 15 is 0 Å². The summed E-state index contributed by atoms with van der Waals surface area (Å²) in [5.41, 5.74) is 0.419. The summed E-state index contributed by atoms with van der Waals surface area (Å²) in [6.45, 7) is 1.30. The van der Waals surface area contributed by atoms with Crippen LogP contribution in [-0.2, 0) is 11.2 Å². The van der Waals surface area contributed by atoms with Gasteiger partial charge in [-0.05, 0) is 36.6 Å². The third-order valence-corrected chi connectivity index (χ3v) is 4.69. The molecule has 2 aromatic heterocycles. The predicted molar refractivity (Wildman–Crippen MR) is 101 cm³/mol. The molecule has 3 heterocycles. The van der Waals surface area contributed by atoms with Crippen LogP contribution in [0.3, 0.4) is 0 Å². The fourth-order valence-corrected chi connectivity index (χ4v) is 3.38. The molecule has 2 N–H and O–H groups in total. The van der Waals surface area contributed by atoms with Gasteiger partial charge in [0.05, 0.1) is 5.92 Å². The number of amides is 1. The van der Waals surface area contributed by atoms with Gasteiger partial charge in [-0.25, -0.2) is 18.7 Å². The van der Waals surface area contributed by atoms with E-state index in [0.717, 1.165) is 25.5 Å². The summed E-state index contributed by atoms with van der Waals surface area (Å²) >= 11 is 0. The van der Waals surface area contributed by atoms with Crippen molar-refractivity contribution < 1.29 is 13.6 Å². The molecule has 3 aromatic rings. The lowest BCUT2D eigenvalue weighted by Gasteiger charge is -2.31. The molecule has 0 spiro atoms. The summed E-state index contributed by atoms with van der Waals surface area (Å²) in [6, 6.07) is 5.01. The number of benzene rings is 1. The van der Waals surface area contributed by atoms with Gasteiger partial charge in [0.1, 0.15) is 17.5 Å². The third kappa shape index (κ3) is 4.71. The van der Waals surface area contributed by atoms with E-state index in [0.29, 0.717) is 23.9 Å². The Morgan fingerprint density at radius 1 is 1.21 bits per heavy atom. The van der Waals surface area contributed by atoms with Gasteiger partial charge in [-0.1, -0.05) is 0 Å². The van der Waals surface area contributed by atoms with Gasteiger partial charge in [-0.15, -0.1) is 5.10 Å². The van der Waals surface area contributed by atoms with E-state index in [2.05, 4.69) is 30.5 Å². The van der Waals surface area contributed by atoms with Gasteiger partial charge in [0.25, 0.3) is 0 Å². The Balaban J connectivity index is 1.37. The number of carbonyl (C=O) groups excluding carboxylic acids is 1. The number of aromatic nitrogens is 5.